The lowest BCUT2D eigenvalue weighted by Crippen LogP contribution is -2.36. The second-order valence-corrected chi connectivity index (χ2v) is 4.40. The monoisotopic (exact) mass is 274 g/mol. The number of amides is 2. The van der Waals surface area contributed by atoms with Crippen LogP contribution in [0.4, 0.5) is 14.9 Å². The fraction of sp³-hybridized carbons (Fsp3) is 0.417. The fourth-order valence-corrected chi connectivity index (χ4v) is 1.55. The topological polar surface area (TPSA) is 61.4 Å². The van der Waals surface area contributed by atoms with Crippen LogP contribution in [0.5, 0.6) is 0 Å². The quantitative estimate of drug-likeness (QED) is 0.773. The van der Waals surface area contributed by atoms with Crippen molar-refractivity contribution in [3.8, 4) is 0 Å². The number of aliphatic hydroxyl groups excluding tert-OH is 1. The standard InChI is InChI=1S/C12H16ClFN2O2/c1-8(3-2-6-17)15-12(18)16-9-4-5-10(13)11(14)7-9/h4-5,7-8,17H,2-3,6H2,1H3,(H2,15,16,18). The van der Waals surface area contributed by atoms with Crippen LogP contribution in [0.3, 0.4) is 0 Å². The van der Waals surface area contributed by atoms with Crippen molar-refractivity contribution in [2.75, 3.05) is 11.9 Å². The molecule has 3 N–H and O–H groups in total. The van der Waals surface area contributed by atoms with Crippen LogP contribution < -0.4 is 10.6 Å². The summed E-state index contributed by atoms with van der Waals surface area (Å²) in [7, 11) is 0. The van der Waals surface area contributed by atoms with Crippen LogP contribution in [-0.4, -0.2) is 23.8 Å². The van der Waals surface area contributed by atoms with Crippen molar-refractivity contribution in [3.63, 3.8) is 0 Å². The first kappa shape index (κ1) is 14.7. The van der Waals surface area contributed by atoms with Gasteiger partial charge >= 0.3 is 6.03 Å². The Labute approximate surface area is 110 Å². The summed E-state index contributed by atoms with van der Waals surface area (Å²) in [4.78, 5) is 11.5. The number of hydrogen-bond donors (Lipinski definition) is 3. The van der Waals surface area contributed by atoms with Crippen molar-refractivity contribution in [3.05, 3.63) is 29.0 Å². The lowest BCUT2D eigenvalue weighted by molar-refractivity contribution is 0.245. The molecule has 1 aromatic rings. The Morgan fingerprint density at radius 2 is 2.28 bits per heavy atom. The third-order valence-electron chi connectivity index (χ3n) is 2.35. The van der Waals surface area contributed by atoms with E-state index in [9.17, 15) is 9.18 Å². The van der Waals surface area contributed by atoms with Crippen LogP contribution in [0.2, 0.25) is 5.02 Å². The van der Waals surface area contributed by atoms with Gasteiger partial charge in [-0.05, 0) is 38.0 Å². The van der Waals surface area contributed by atoms with Gasteiger partial charge in [0.15, 0.2) is 0 Å². The highest BCUT2D eigenvalue weighted by molar-refractivity contribution is 6.30. The average molecular weight is 275 g/mol. The molecule has 100 valence electrons. The molecule has 0 saturated carbocycles. The Bertz CT molecular complexity index is 415. The summed E-state index contributed by atoms with van der Waals surface area (Å²) in [5, 5.41) is 13.9. The first-order valence-corrected chi connectivity index (χ1v) is 6.04. The van der Waals surface area contributed by atoms with Gasteiger partial charge in [-0.1, -0.05) is 11.6 Å². The summed E-state index contributed by atoms with van der Waals surface area (Å²) in [6, 6.07) is 3.57. The predicted octanol–water partition coefficient (Wildman–Crippen LogP) is 2.76. The summed E-state index contributed by atoms with van der Waals surface area (Å²) in [5.41, 5.74) is 0.337. The first-order chi connectivity index (χ1) is 8.52. The SMILES string of the molecule is CC(CCCO)NC(=O)Nc1ccc(Cl)c(F)c1. The normalized spacial score (nSPS) is 12.0. The van der Waals surface area contributed by atoms with E-state index in [0.29, 0.717) is 18.5 Å². The molecule has 0 heterocycles. The van der Waals surface area contributed by atoms with Gasteiger partial charge in [-0.2, -0.15) is 0 Å². The molecule has 1 unspecified atom stereocenters. The van der Waals surface area contributed by atoms with E-state index in [1.165, 1.54) is 12.1 Å². The number of halogens is 2. The zero-order valence-corrected chi connectivity index (χ0v) is 10.8. The second kappa shape index (κ2) is 7.18. The molecule has 2 amide bonds. The molecule has 6 heteroatoms. The maximum Gasteiger partial charge on any atom is 0.319 e. The van der Waals surface area contributed by atoms with E-state index >= 15 is 0 Å². The Morgan fingerprint density at radius 1 is 1.56 bits per heavy atom. The van der Waals surface area contributed by atoms with Crippen LogP contribution in [0.15, 0.2) is 18.2 Å². The summed E-state index contributed by atoms with van der Waals surface area (Å²) in [5.74, 6) is -0.581. The molecule has 0 aliphatic rings. The number of carbonyl (C=O) groups is 1. The van der Waals surface area contributed by atoms with Gasteiger partial charge in [-0.15, -0.1) is 0 Å². The zero-order chi connectivity index (χ0) is 13.5. The van der Waals surface area contributed by atoms with Gasteiger partial charge in [0.2, 0.25) is 0 Å². The number of urea groups is 1. The van der Waals surface area contributed by atoms with Crippen LogP contribution in [0, 0.1) is 5.82 Å². The van der Waals surface area contributed by atoms with Crippen LogP contribution in [0.1, 0.15) is 19.8 Å². The van der Waals surface area contributed by atoms with E-state index in [4.69, 9.17) is 16.7 Å². The van der Waals surface area contributed by atoms with E-state index in [2.05, 4.69) is 10.6 Å². The predicted molar refractivity (Wildman–Crippen MR) is 69.3 cm³/mol. The molecular weight excluding hydrogens is 259 g/mol. The molecule has 4 nitrogen and oxygen atoms in total. The minimum atomic E-state index is -0.581. The van der Waals surface area contributed by atoms with E-state index in [1.54, 1.807) is 0 Å². The molecule has 18 heavy (non-hydrogen) atoms. The van der Waals surface area contributed by atoms with Gasteiger partial charge in [0.25, 0.3) is 0 Å². The van der Waals surface area contributed by atoms with Crippen molar-refractivity contribution in [2.24, 2.45) is 0 Å². The van der Waals surface area contributed by atoms with Crippen LogP contribution >= 0.6 is 11.6 Å². The van der Waals surface area contributed by atoms with E-state index < -0.39 is 11.8 Å². The summed E-state index contributed by atoms with van der Waals surface area (Å²) in [6.07, 6.45) is 1.30. The maximum absolute atomic E-state index is 13.1. The number of carbonyl (C=O) groups excluding carboxylic acids is 1. The van der Waals surface area contributed by atoms with Crippen molar-refractivity contribution >= 4 is 23.3 Å². The Morgan fingerprint density at radius 3 is 2.89 bits per heavy atom. The van der Waals surface area contributed by atoms with Crippen molar-refractivity contribution < 1.29 is 14.3 Å². The molecule has 0 aliphatic carbocycles. The van der Waals surface area contributed by atoms with Gasteiger partial charge < -0.3 is 15.7 Å². The largest absolute Gasteiger partial charge is 0.396 e. The molecule has 0 fully saturated rings. The van der Waals surface area contributed by atoms with Crippen LogP contribution in [0.25, 0.3) is 0 Å². The summed E-state index contributed by atoms with van der Waals surface area (Å²) < 4.78 is 13.1. The summed E-state index contributed by atoms with van der Waals surface area (Å²) >= 11 is 5.53. The Balaban J connectivity index is 2.46. The minimum absolute atomic E-state index is 0.0114. The van der Waals surface area contributed by atoms with Crippen molar-refractivity contribution in [1.29, 1.82) is 0 Å². The number of nitrogens with one attached hydrogen (secondary N) is 2. The van der Waals surface area contributed by atoms with Crippen molar-refractivity contribution in [2.45, 2.75) is 25.8 Å². The van der Waals surface area contributed by atoms with E-state index in [0.717, 1.165) is 6.07 Å². The molecule has 1 rings (SSSR count). The first-order valence-electron chi connectivity index (χ1n) is 5.66. The maximum atomic E-state index is 13.1. The van der Waals surface area contributed by atoms with Gasteiger partial charge in [0.1, 0.15) is 5.82 Å². The summed E-state index contributed by atoms with van der Waals surface area (Å²) in [6.45, 7) is 1.92. The highest BCUT2D eigenvalue weighted by Gasteiger charge is 2.08. The highest BCUT2D eigenvalue weighted by Crippen LogP contribution is 2.18. The number of rotatable bonds is 5. The highest BCUT2D eigenvalue weighted by atomic mass is 35.5. The molecule has 0 aromatic heterocycles. The third kappa shape index (κ3) is 4.89. The molecule has 0 aliphatic heterocycles. The zero-order valence-electron chi connectivity index (χ0n) is 10.0. The van der Waals surface area contributed by atoms with Gasteiger partial charge in [0.05, 0.1) is 5.02 Å². The Hall–Kier alpha value is -1.33. The van der Waals surface area contributed by atoms with Gasteiger partial charge in [-0.25, -0.2) is 9.18 Å². The average Bonchev–Trinajstić information content (AvgIpc) is 2.31. The lowest BCUT2D eigenvalue weighted by atomic mass is 10.2. The van der Waals surface area contributed by atoms with Gasteiger partial charge in [-0.3, -0.25) is 0 Å². The number of aliphatic hydroxyl groups is 1. The smallest absolute Gasteiger partial charge is 0.319 e. The molecule has 0 bridgehead atoms. The van der Waals surface area contributed by atoms with Crippen molar-refractivity contribution in [1.82, 2.24) is 5.32 Å². The molecular formula is C12H16ClFN2O2. The molecule has 0 saturated heterocycles. The van der Waals surface area contributed by atoms with Crippen LogP contribution in [-0.2, 0) is 0 Å². The lowest BCUT2D eigenvalue weighted by Gasteiger charge is -2.14. The molecule has 0 radical (unpaired) electrons. The number of anilines is 1. The Kier molecular flexibility index (Phi) is 5.88. The fourth-order valence-electron chi connectivity index (χ4n) is 1.43. The third-order valence-corrected chi connectivity index (χ3v) is 2.66. The molecule has 1 aromatic carbocycles. The second-order valence-electron chi connectivity index (χ2n) is 3.99. The molecule has 0 spiro atoms. The molecule has 1 atom stereocenters. The minimum Gasteiger partial charge on any atom is -0.396 e. The van der Waals surface area contributed by atoms with Gasteiger partial charge in [0, 0.05) is 18.3 Å². The number of hydrogen-bond acceptors (Lipinski definition) is 2. The number of benzene rings is 1. The van der Waals surface area contributed by atoms with E-state index in [1.807, 2.05) is 6.92 Å². The van der Waals surface area contributed by atoms with E-state index in [-0.39, 0.29) is 17.7 Å².